The highest BCUT2D eigenvalue weighted by molar-refractivity contribution is 7.99. The van der Waals surface area contributed by atoms with Crippen molar-refractivity contribution in [3.05, 3.63) is 41.1 Å². The van der Waals surface area contributed by atoms with Crippen LogP contribution in [0.3, 0.4) is 0 Å². The number of Topliss-reactive ketones (excluding diaryl/α,β-unsaturated/α-hetero) is 1. The lowest BCUT2D eigenvalue weighted by Gasteiger charge is -1.99. The number of hydrogen-bond acceptors (Lipinski definition) is 7. The van der Waals surface area contributed by atoms with E-state index < -0.39 is 0 Å². The number of aromatic nitrogens is 2. The van der Waals surface area contributed by atoms with Gasteiger partial charge in [-0.3, -0.25) is 4.79 Å². The second-order valence-corrected chi connectivity index (χ2v) is 5.50. The number of aryl methyl sites for hydroxylation is 1. The Morgan fingerprint density at radius 2 is 2.14 bits per heavy atom. The summed E-state index contributed by atoms with van der Waals surface area (Å²) in [5.41, 5.74) is 7.53. The van der Waals surface area contributed by atoms with Crippen LogP contribution in [-0.2, 0) is 4.79 Å². The van der Waals surface area contributed by atoms with Crippen LogP contribution in [0, 0.1) is 18.3 Å². The molecule has 0 amide bonds. The van der Waals surface area contributed by atoms with Gasteiger partial charge >= 0.3 is 0 Å². The molecule has 0 radical (unpaired) electrons. The first-order valence-corrected chi connectivity index (χ1v) is 7.43. The van der Waals surface area contributed by atoms with Gasteiger partial charge in [0.25, 0.3) is 5.22 Å². The van der Waals surface area contributed by atoms with Gasteiger partial charge in [0.15, 0.2) is 5.78 Å². The molecular formula is C15H14N4O2S. The van der Waals surface area contributed by atoms with Crippen molar-refractivity contribution in [3.8, 4) is 17.5 Å². The van der Waals surface area contributed by atoms with Gasteiger partial charge in [-0.05, 0) is 25.5 Å². The van der Waals surface area contributed by atoms with Gasteiger partial charge in [0.2, 0.25) is 5.89 Å². The van der Waals surface area contributed by atoms with E-state index >= 15 is 0 Å². The van der Waals surface area contributed by atoms with Gasteiger partial charge in [0, 0.05) is 11.3 Å². The third-order valence-corrected chi connectivity index (χ3v) is 3.71. The number of ketones is 1. The van der Waals surface area contributed by atoms with Crippen LogP contribution in [-0.4, -0.2) is 21.7 Å². The van der Waals surface area contributed by atoms with Crippen LogP contribution in [0.15, 0.2) is 45.2 Å². The van der Waals surface area contributed by atoms with Crippen molar-refractivity contribution in [2.75, 3.05) is 5.75 Å². The van der Waals surface area contributed by atoms with Crippen LogP contribution in [0.2, 0.25) is 0 Å². The number of nitrogens with two attached hydrogens (primary N) is 1. The molecular weight excluding hydrogens is 300 g/mol. The number of carbonyl (C=O) groups excluding carboxylic acids is 1. The van der Waals surface area contributed by atoms with Crippen LogP contribution < -0.4 is 5.73 Å². The van der Waals surface area contributed by atoms with Gasteiger partial charge in [0.05, 0.1) is 5.75 Å². The fourth-order valence-electron chi connectivity index (χ4n) is 1.76. The molecule has 2 aromatic rings. The molecule has 1 heterocycles. The fraction of sp³-hybridized carbons (Fsp3) is 0.200. The van der Waals surface area contributed by atoms with E-state index in [-0.39, 0.29) is 28.0 Å². The Balaban J connectivity index is 2.08. The third-order valence-electron chi connectivity index (χ3n) is 2.89. The molecule has 0 aliphatic heterocycles. The van der Waals surface area contributed by atoms with E-state index in [9.17, 15) is 4.79 Å². The lowest BCUT2D eigenvalue weighted by Crippen LogP contribution is -2.10. The maximum absolute atomic E-state index is 11.8. The Morgan fingerprint density at radius 1 is 1.41 bits per heavy atom. The van der Waals surface area contributed by atoms with E-state index in [4.69, 9.17) is 15.4 Å². The highest BCUT2D eigenvalue weighted by atomic mass is 32.2. The Morgan fingerprint density at radius 3 is 2.77 bits per heavy atom. The smallest absolute Gasteiger partial charge is 0.277 e. The first kappa shape index (κ1) is 15.8. The highest BCUT2D eigenvalue weighted by Crippen LogP contribution is 2.25. The molecule has 0 saturated heterocycles. The largest absolute Gasteiger partial charge is 0.411 e. The summed E-state index contributed by atoms with van der Waals surface area (Å²) in [6.07, 6.45) is 0. The number of carbonyl (C=O) groups is 1. The molecule has 6 nitrogen and oxygen atoms in total. The summed E-state index contributed by atoms with van der Waals surface area (Å²) in [7, 11) is 0. The zero-order valence-electron chi connectivity index (χ0n) is 12.2. The first-order valence-electron chi connectivity index (χ1n) is 6.45. The summed E-state index contributed by atoms with van der Waals surface area (Å²) in [5, 5.41) is 17.0. The van der Waals surface area contributed by atoms with Gasteiger partial charge in [-0.2, -0.15) is 5.26 Å². The van der Waals surface area contributed by atoms with Gasteiger partial charge in [-0.1, -0.05) is 30.0 Å². The maximum Gasteiger partial charge on any atom is 0.277 e. The number of allylic oxidation sites excluding steroid dienone is 2. The Hall–Kier alpha value is -2.59. The molecule has 7 heteroatoms. The van der Waals surface area contributed by atoms with Crippen molar-refractivity contribution < 1.29 is 9.21 Å². The molecule has 22 heavy (non-hydrogen) atoms. The molecule has 0 unspecified atom stereocenters. The predicted molar refractivity (Wildman–Crippen MR) is 82.7 cm³/mol. The van der Waals surface area contributed by atoms with Crippen molar-refractivity contribution in [2.45, 2.75) is 19.1 Å². The average Bonchev–Trinajstić information content (AvgIpc) is 2.94. The second kappa shape index (κ2) is 6.91. The van der Waals surface area contributed by atoms with Crippen molar-refractivity contribution in [3.63, 3.8) is 0 Å². The Labute approximate surface area is 132 Å². The molecule has 1 aromatic heterocycles. The number of nitrogens with zero attached hydrogens (tertiary/aromatic N) is 3. The van der Waals surface area contributed by atoms with Crippen LogP contribution in [0.25, 0.3) is 11.5 Å². The Kier molecular flexibility index (Phi) is 4.96. The van der Waals surface area contributed by atoms with Crippen LogP contribution in [0.5, 0.6) is 0 Å². The van der Waals surface area contributed by atoms with Gasteiger partial charge in [-0.25, -0.2) is 0 Å². The first-order chi connectivity index (χ1) is 10.5. The van der Waals surface area contributed by atoms with Crippen molar-refractivity contribution in [2.24, 2.45) is 5.73 Å². The molecule has 2 rings (SSSR count). The summed E-state index contributed by atoms with van der Waals surface area (Å²) in [6, 6.07) is 9.45. The van der Waals surface area contributed by atoms with Gasteiger partial charge in [0.1, 0.15) is 11.6 Å². The summed E-state index contributed by atoms with van der Waals surface area (Å²) in [4.78, 5) is 11.8. The molecule has 0 bridgehead atoms. The minimum absolute atomic E-state index is 0.0207. The topological polar surface area (TPSA) is 106 Å². The maximum atomic E-state index is 11.8. The number of rotatable bonds is 5. The minimum Gasteiger partial charge on any atom is -0.411 e. The quantitative estimate of drug-likeness (QED) is 0.513. The summed E-state index contributed by atoms with van der Waals surface area (Å²) in [5.74, 6) is 0.0644. The monoisotopic (exact) mass is 314 g/mol. The lowest BCUT2D eigenvalue weighted by atomic mass is 10.1. The van der Waals surface area contributed by atoms with Crippen LogP contribution >= 0.6 is 11.8 Å². The predicted octanol–water partition coefficient (Wildman–Crippen LogP) is 2.46. The van der Waals surface area contributed by atoms with Gasteiger partial charge in [-0.15, -0.1) is 10.2 Å². The van der Waals surface area contributed by atoms with E-state index in [0.717, 1.165) is 22.9 Å². The summed E-state index contributed by atoms with van der Waals surface area (Å²) >= 11 is 1.08. The fourth-order valence-corrected chi connectivity index (χ4v) is 2.40. The third kappa shape index (κ3) is 3.54. The number of thioether (sulfide) groups is 1. The van der Waals surface area contributed by atoms with Crippen molar-refractivity contribution in [1.29, 1.82) is 5.26 Å². The second-order valence-electron chi connectivity index (χ2n) is 4.57. The number of benzene rings is 1. The molecule has 0 atom stereocenters. The molecule has 0 aliphatic carbocycles. The Bertz CT molecular complexity index is 770. The normalized spacial score (nSPS) is 11.7. The summed E-state index contributed by atoms with van der Waals surface area (Å²) in [6.45, 7) is 3.47. The highest BCUT2D eigenvalue weighted by Gasteiger charge is 2.15. The average molecular weight is 314 g/mol. The molecule has 1 aromatic carbocycles. The number of nitriles is 1. The molecule has 112 valence electrons. The lowest BCUT2D eigenvalue weighted by molar-refractivity contribution is -0.112. The van der Waals surface area contributed by atoms with E-state index in [1.807, 2.05) is 31.2 Å². The number of hydrogen-bond donors (Lipinski definition) is 1. The van der Waals surface area contributed by atoms with Crippen LogP contribution in [0.4, 0.5) is 0 Å². The van der Waals surface area contributed by atoms with Gasteiger partial charge < -0.3 is 10.2 Å². The molecule has 0 aliphatic rings. The van der Waals surface area contributed by atoms with E-state index in [1.165, 1.54) is 6.92 Å². The van der Waals surface area contributed by atoms with E-state index in [0.29, 0.717) is 5.89 Å². The minimum atomic E-state index is -0.358. The molecule has 0 spiro atoms. The van der Waals surface area contributed by atoms with Crippen LogP contribution in [0.1, 0.15) is 12.5 Å². The SMILES string of the molecule is C/C(N)=C(/C#N)C(=O)CSc1nnc(-c2ccccc2C)o1. The molecule has 2 N–H and O–H groups in total. The zero-order chi connectivity index (χ0) is 16.1. The van der Waals surface area contributed by atoms with E-state index in [1.54, 1.807) is 6.07 Å². The molecule has 0 saturated carbocycles. The van der Waals surface area contributed by atoms with Crippen molar-refractivity contribution >= 4 is 17.5 Å². The standard InChI is InChI=1S/C15H14N4O2S/c1-9-5-3-4-6-11(9)14-18-19-15(21-14)22-8-13(20)12(7-16)10(2)17/h3-6H,8,17H2,1-2H3/b12-10+. The van der Waals surface area contributed by atoms with E-state index in [2.05, 4.69) is 10.2 Å². The molecule has 0 fully saturated rings. The van der Waals surface area contributed by atoms with Crippen molar-refractivity contribution in [1.82, 2.24) is 10.2 Å². The zero-order valence-corrected chi connectivity index (χ0v) is 13.0. The summed E-state index contributed by atoms with van der Waals surface area (Å²) < 4.78 is 5.53.